The van der Waals surface area contributed by atoms with Crippen LogP contribution in [0.15, 0.2) is 29.1 Å². The normalized spacial score (nSPS) is 17.1. The van der Waals surface area contributed by atoms with Crippen LogP contribution in [0.4, 0.5) is 0 Å². The smallest absolute Gasteiger partial charge is 0.265 e. The lowest BCUT2D eigenvalue weighted by Crippen LogP contribution is -2.29. The van der Waals surface area contributed by atoms with Gasteiger partial charge in [-0.25, -0.2) is 15.0 Å². The number of fused-ring (bicyclic) bond motifs is 4. The molecule has 4 heterocycles. The zero-order valence-electron chi connectivity index (χ0n) is 17.8. The number of nitrogens with zero attached hydrogens (tertiary/aromatic N) is 5. The van der Waals surface area contributed by atoms with Crippen LogP contribution in [-0.2, 0) is 17.8 Å². The van der Waals surface area contributed by atoms with Gasteiger partial charge in [-0.3, -0.25) is 9.36 Å². The Hall–Kier alpha value is -2.80. The Morgan fingerprint density at radius 1 is 1.10 bits per heavy atom. The molecule has 0 aliphatic carbocycles. The van der Waals surface area contributed by atoms with Gasteiger partial charge in [0.05, 0.1) is 23.7 Å². The van der Waals surface area contributed by atoms with Gasteiger partial charge in [-0.1, -0.05) is 26.0 Å². The van der Waals surface area contributed by atoms with E-state index in [1.54, 1.807) is 4.57 Å². The molecule has 0 radical (unpaired) electrons. The van der Waals surface area contributed by atoms with Crippen LogP contribution in [0.1, 0.15) is 38.9 Å². The van der Waals surface area contributed by atoms with E-state index in [-0.39, 0.29) is 11.7 Å². The first-order chi connectivity index (χ1) is 14.5. The summed E-state index contributed by atoms with van der Waals surface area (Å²) in [7, 11) is 0. The Morgan fingerprint density at radius 3 is 2.57 bits per heavy atom. The van der Waals surface area contributed by atoms with Crippen molar-refractivity contribution in [2.75, 3.05) is 6.61 Å². The maximum atomic E-state index is 13.6. The highest BCUT2D eigenvalue weighted by Crippen LogP contribution is 2.26. The van der Waals surface area contributed by atoms with Crippen molar-refractivity contribution in [2.45, 2.75) is 59.2 Å². The summed E-state index contributed by atoms with van der Waals surface area (Å²) < 4.78 is 9.60. The zero-order chi connectivity index (χ0) is 20.8. The van der Waals surface area contributed by atoms with Crippen LogP contribution in [0.3, 0.4) is 0 Å². The highest BCUT2D eigenvalue weighted by Gasteiger charge is 2.23. The molecule has 0 unspecified atom stereocenters. The fourth-order valence-electron chi connectivity index (χ4n) is 4.30. The summed E-state index contributed by atoms with van der Waals surface area (Å²) in [4.78, 5) is 28.2. The fraction of sp³-hybridized carbons (Fsp3) is 0.478. The van der Waals surface area contributed by atoms with Crippen molar-refractivity contribution in [3.05, 3.63) is 40.4 Å². The molecule has 156 valence electrons. The van der Waals surface area contributed by atoms with Crippen molar-refractivity contribution < 1.29 is 4.74 Å². The summed E-state index contributed by atoms with van der Waals surface area (Å²) in [5, 5.41) is 0.565. The van der Waals surface area contributed by atoms with Gasteiger partial charge >= 0.3 is 0 Å². The van der Waals surface area contributed by atoms with E-state index in [4.69, 9.17) is 19.7 Å². The van der Waals surface area contributed by atoms with Gasteiger partial charge in [0, 0.05) is 13.2 Å². The number of ether oxygens (including phenoxy) is 1. The van der Waals surface area contributed by atoms with E-state index in [2.05, 4.69) is 18.4 Å². The molecule has 5 rings (SSSR count). The highest BCUT2D eigenvalue weighted by atomic mass is 16.5. The van der Waals surface area contributed by atoms with Gasteiger partial charge in [0.2, 0.25) is 0 Å². The second-order valence-corrected chi connectivity index (χ2v) is 8.63. The largest absolute Gasteiger partial charge is 0.376 e. The van der Waals surface area contributed by atoms with E-state index in [0.717, 1.165) is 49.1 Å². The molecule has 4 aromatic rings. The molecule has 1 aromatic carbocycles. The predicted molar refractivity (Wildman–Crippen MR) is 118 cm³/mol. The van der Waals surface area contributed by atoms with Crippen LogP contribution in [0.25, 0.3) is 33.2 Å². The summed E-state index contributed by atoms with van der Waals surface area (Å²) in [5.74, 6) is 1.24. The Morgan fingerprint density at radius 2 is 1.87 bits per heavy atom. The van der Waals surface area contributed by atoms with Crippen LogP contribution in [0, 0.1) is 12.8 Å². The molecule has 0 saturated carbocycles. The lowest BCUT2D eigenvalue weighted by atomic mass is 10.1. The Kier molecular flexibility index (Phi) is 4.77. The summed E-state index contributed by atoms with van der Waals surface area (Å²) in [6, 6.07) is 7.80. The van der Waals surface area contributed by atoms with Crippen LogP contribution >= 0.6 is 0 Å². The van der Waals surface area contributed by atoms with E-state index >= 15 is 0 Å². The maximum absolute atomic E-state index is 13.6. The molecule has 1 aliphatic heterocycles. The molecule has 1 atom stereocenters. The average molecular weight is 406 g/mol. The van der Waals surface area contributed by atoms with Gasteiger partial charge in [-0.05, 0) is 44.2 Å². The zero-order valence-corrected chi connectivity index (χ0v) is 17.8. The number of aryl methyl sites for hydroxylation is 2. The minimum atomic E-state index is -0.0501. The predicted octanol–water partition coefficient (Wildman–Crippen LogP) is 3.83. The van der Waals surface area contributed by atoms with Gasteiger partial charge in [0.1, 0.15) is 16.7 Å². The lowest BCUT2D eigenvalue weighted by molar-refractivity contribution is 0.0955. The first kappa shape index (κ1) is 19.2. The molecular formula is C23H27N5O2. The molecule has 7 heteroatoms. The molecule has 1 aliphatic rings. The van der Waals surface area contributed by atoms with Gasteiger partial charge in [-0.15, -0.1) is 0 Å². The van der Waals surface area contributed by atoms with Crippen molar-refractivity contribution in [3.63, 3.8) is 0 Å². The van der Waals surface area contributed by atoms with Gasteiger partial charge < -0.3 is 9.30 Å². The summed E-state index contributed by atoms with van der Waals surface area (Å²) in [5.41, 5.74) is 3.64. The minimum absolute atomic E-state index is 0.0501. The van der Waals surface area contributed by atoms with Gasteiger partial charge in [0.25, 0.3) is 5.56 Å². The first-order valence-corrected chi connectivity index (χ1v) is 10.8. The number of para-hydroxylation sites is 2. The third-order valence-corrected chi connectivity index (χ3v) is 5.98. The topological polar surface area (TPSA) is 74.8 Å². The summed E-state index contributed by atoms with van der Waals surface area (Å²) >= 11 is 0. The van der Waals surface area contributed by atoms with Crippen LogP contribution < -0.4 is 5.56 Å². The monoisotopic (exact) mass is 405 g/mol. The van der Waals surface area contributed by atoms with Crippen molar-refractivity contribution in [1.82, 2.24) is 24.1 Å². The first-order valence-electron chi connectivity index (χ1n) is 10.8. The minimum Gasteiger partial charge on any atom is -0.376 e. The number of hydrogen-bond donors (Lipinski definition) is 0. The third kappa shape index (κ3) is 3.17. The molecule has 30 heavy (non-hydrogen) atoms. The Labute approximate surface area is 174 Å². The molecule has 0 amide bonds. The average Bonchev–Trinajstić information content (AvgIpc) is 3.33. The summed E-state index contributed by atoms with van der Waals surface area (Å²) in [6.07, 6.45) is 3.07. The van der Waals surface area contributed by atoms with Gasteiger partial charge in [0.15, 0.2) is 11.3 Å². The molecule has 0 spiro atoms. The van der Waals surface area contributed by atoms with Crippen molar-refractivity contribution in [3.8, 4) is 0 Å². The second kappa shape index (κ2) is 7.47. The molecular weight excluding hydrogens is 378 g/mol. The molecule has 1 saturated heterocycles. The second-order valence-electron chi connectivity index (χ2n) is 8.63. The molecule has 7 nitrogen and oxygen atoms in total. The molecule has 0 bridgehead atoms. The van der Waals surface area contributed by atoms with E-state index in [1.807, 2.05) is 31.2 Å². The van der Waals surface area contributed by atoms with Crippen molar-refractivity contribution >= 4 is 33.2 Å². The number of benzene rings is 1. The number of hydrogen-bond acceptors (Lipinski definition) is 5. The van der Waals surface area contributed by atoms with E-state index in [0.29, 0.717) is 34.8 Å². The van der Waals surface area contributed by atoms with Crippen LogP contribution in [-0.4, -0.2) is 36.8 Å². The van der Waals surface area contributed by atoms with Gasteiger partial charge in [-0.2, -0.15) is 0 Å². The molecule has 3 aromatic heterocycles. The quantitative estimate of drug-likeness (QED) is 0.504. The number of aromatic nitrogens is 5. The van der Waals surface area contributed by atoms with Crippen molar-refractivity contribution in [1.29, 1.82) is 0 Å². The molecule has 0 N–H and O–H groups in total. The standard InChI is InChI=1S/C23H27N5O2/c1-14(2)10-11-27-21-19(20-22(27)26-18-9-5-4-8-17(18)25-20)23(29)28(15(3)24-21)13-16-7-6-12-30-16/h4-5,8-9,14,16H,6-7,10-13H2,1-3H3/t16-/m0/s1. The van der Waals surface area contributed by atoms with Crippen LogP contribution in [0.5, 0.6) is 0 Å². The highest BCUT2D eigenvalue weighted by molar-refractivity contribution is 6.04. The van der Waals surface area contributed by atoms with E-state index in [1.165, 1.54) is 0 Å². The lowest BCUT2D eigenvalue weighted by Gasteiger charge is -2.14. The maximum Gasteiger partial charge on any atom is 0.265 e. The molecule has 1 fully saturated rings. The van der Waals surface area contributed by atoms with E-state index < -0.39 is 0 Å². The van der Waals surface area contributed by atoms with Crippen molar-refractivity contribution in [2.24, 2.45) is 5.92 Å². The van der Waals surface area contributed by atoms with Crippen LogP contribution in [0.2, 0.25) is 0 Å². The SMILES string of the molecule is Cc1nc2c(c(=O)n1C[C@@H]1CCCO1)c1nc3ccccc3nc1n2CCC(C)C. The fourth-order valence-corrected chi connectivity index (χ4v) is 4.30. The Bertz CT molecular complexity index is 1300. The Balaban J connectivity index is 1.79. The van der Waals surface area contributed by atoms with E-state index in [9.17, 15) is 4.79 Å². The summed E-state index contributed by atoms with van der Waals surface area (Å²) in [6.45, 7) is 8.35. The number of rotatable bonds is 5. The third-order valence-electron chi connectivity index (χ3n) is 5.98.